The van der Waals surface area contributed by atoms with Gasteiger partial charge >= 0.3 is 0 Å². The molecule has 0 saturated heterocycles. The van der Waals surface area contributed by atoms with Gasteiger partial charge in [0.25, 0.3) is 5.88 Å². The Balaban J connectivity index is 1.86. The van der Waals surface area contributed by atoms with E-state index in [2.05, 4.69) is 14.7 Å². The standard InChI is InChI=1S/C20H19Cl2FN4O3S/c1-3-31(28,29)27-13-6-4-12(5-7-13)16-10-25-19(24)20(26-16)30-11(2)17-14(21)8-9-15(23)18(17)22/h4-11,27H,3H2,1-2H3,(H2,24,25). The first-order valence-corrected chi connectivity index (χ1v) is 11.6. The molecule has 0 radical (unpaired) electrons. The Morgan fingerprint density at radius 2 is 1.87 bits per heavy atom. The minimum Gasteiger partial charge on any atom is -0.467 e. The number of rotatable bonds is 7. The van der Waals surface area contributed by atoms with Crippen molar-refractivity contribution >= 4 is 44.7 Å². The van der Waals surface area contributed by atoms with Gasteiger partial charge in [-0.15, -0.1) is 0 Å². The van der Waals surface area contributed by atoms with E-state index in [0.717, 1.165) is 0 Å². The van der Waals surface area contributed by atoms with Crippen LogP contribution in [-0.2, 0) is 10.0 Å². The summed E-state index contributed by atoms with van der Waals surface area (Å²) in [4.78, 5) is 8.48. The lowest BCUT2D eigenvalue weighted by Gasteiger charge is -2.18. The van der Waals surface area contributed by atoms with Crippen LogP contribution in [0.3, 0.4) is 0 Å². The maximum atomic E-state index is 13.8. The first-order valence-electron chi connectivity index (χ1n) is 9.14. The molecule has 31 heavy (non-hydrogen) atoms. The summed E-state index contributed by atoms with van der Waals surface area (Å²) >= 11 is 12.2. The minimum absolute atomic E-state index is 0.0251. The van der Waals surface area contributed by atoms with Gasteiger partial charge in [-0.25, -0.2) is 22.8 Å². The fraction of sp³-hybridized carbons (Fsp3) is 0.200. The van der Waals surface area contributed by atoms with Gasteiger partial charge in [0, 0.05) is 21.8 Å². The van der Waals surface area contributed by atoms with Crippen LogP contribution < -0.4 is 15.2 Å². The molecule has 0 bridgehead atoms. The lowest BCUT2D eigenvalue weighted by Crippen LogP contribution is -2.14. The Morgan fingerprint density at radius 3 is 2.52 bits per heavy atom. The van der Waals surface area contributed by atoms with E-state index in [1.165, 1.54) is 18.3 Å². The molecule has 0 spiro atoms. The lowest BCUT2D eigenvalue weighted by atomic mass is 10.1. The molecule has 11 heteroatoms. The van der Waals surface area contributed by atoms with Crippen LogP contribution in [0.1, 0.15) is 25.5 Å². The van der Waals surface area contributed by atoms with Gasteiger partial charge in [0.1, 0.15) is 11.9 Å². The number of ether oxygens (including phenoxy) is 1. The number of anilines is 2. The van der Waals surface area contributed by atoms with E-state index in [9.17, 15) is 12.8 Å². The van der Waals surface area contributed by atoms with Crippen LogP contribution in [0.5, 0.6) is 5.88 Å². The predicted molar refractivity (Wildman–Crippen MR) is 120 cm³/mol. The number of benzene rings is 2. The van der Waals surface area contributed by atoms with Crippen LogP contribution in [0.2, 0.25) is 10.0 Å². The van der Waals surface area contributed by atoms with Gasteiger partial charge in [-0.2, -0.15) is 0 Å². The molecule has 1 atom stereocenters. The summed E-state index contributed by atoms with van der Waals surface area (Å²) < 4.78 is 45.5. The number of nitrogens with zero attached hydrogens (tertiary/aromatic N) is 2. The minimum atomic E-state index is -3.38. The maximum Gasteiger partial charge on any atom is 0.258 e. The van der Waals surface area contributed by atoms with Gasteiger partial charge < -0.3 is 10.5 Å². The predicted octanol–water partition coefficient (Wildman–Crippen LogP) is 5.07. The fourth-order valence-corrected chi connectivity index (χ4v) is 4.03. The number of hydrogen-bond donors (Lipinski definition) is 2. The molecule has 2 aromatic carbocycles. The molecule has 0 fully saturated rings. The number of nitrogens with two attached hydrogens (primary N) is 1. The molecule has 0 aliphatic rings. The van der Waals surface area contributed by atoms with E-state index >= 15 is 0 Å². The van der Waals surface area contributed by atoms with Crippen molar-refractivity contribution in [3.05, 3.63) is 64.0 Å². The summed E-state index contributed by atoms with van der Waals surface area (Å²) in [6.45, 7) is 3.18. The zero-order chi connectivity index (χ0) is 22.8. The highest BCUT2D eigenvalue weighted by Crippen LogP contribution is 2.35. The average Bonchev–Trinajstić information content (AvgIpc) is 2.73. The van der Waals surface area contributed by atoms with E-state index in [1.807, 2.05) is 0 Å². The summed E-state index contributed by atoms with van der Waals surface area (Å²) in [7, 11) is -3.38. The highest BCUT2D eigenvalue weighted by Gasteiger charge is 2.20. The number of halogens is 3. The molecular weight excluding hydrogens is 466 g/mol. The quantitative estimate of drug-likeness (QED) is 0.453. The molecular formula is C20H19Cl2FN4O3S. The van der Waals surface area contributed by atoms with Crippen LogP contribution in [-0.4, -0.2) is 24.1 Å². The van der Waals surface area contributed by atoms with Crippen LogP contribution in [0, 0.1) is 5.82 Å². The summed E-state index contributed by atoms with van der Waals surface area (Å²) in [5, 5.41) is 0.0968. The molecule has 0 aliphatic carbocycles. The third kappa shape index (κ3) is 5.36. The smallest absolute Gasteiger partial charge is 0.258 e. The fourth-order valence-electron chi connectivity index (χ4n) is 2.71. The second kappa shape index (κ2) is 9.25. The van der Waals surface area contributed by atoms with Gasteiger partial charge in [-0.3, -0.25) is 4.72 Å². The van der Waals surface area contributed by atoms with Crippen molar-refractivity contribution in [1.82, 2.24) is 9.97 Å². The Kier molecular flexibility index (Phi) is 6.88. The molecule has 0 saturated carbocycles. The summed E-state index contributed by atoms with van der Waals surface area (Å²) in [5.74, 6) is -0.594. The van der Waals surface area contributed by atoms with Gasteiger partial charge in [-0.05, 0) is 38.1 Å². The van der Waals surface area contributed by atoms with E-state index < -0.39 is 21.9 Å². The van der Waals surface area contributed by atoms with Crippen molar-refractivity contribution in [3.8, 4) is 17.1 Å². The van der Waals surface area contributed by atoms with Crippen molar-refractivity contribution in [3.63, 3.8) is 0 Å². The van der Waals surface area contributed by atoms with E-state index in [0.29, 0.717) is 16.9 Å². The molecule has 0 amide bonds. The molecule has 1 aromatic heterocycles. The molecule has 3 aromatic rings. The van der Waals surface area contributed by atoms with Crippen LogP contribution in [0.25, 0.3) is 11.3 Å². The summed E-state index contributed by atoms with van der Waals surface area (Å²) in [6.07, 6.45) is 0.702. The van der Waals surface area contributed by atoms with Crippen LogP contribution >= 0.6 is 23.2 Å². The highest BCUT2D eigenvalue weighted by atomic mass is 35.5. The normalized spacial score (nSPS) is 12.4. The molecule has 0 aliphatic heterocycles. The van der Waals surface area contributed by atoms with Gasteiger partial charge in [0.2, 0.25) is 10.0 Å². The summed E-state index contributed by atoms with van der Waals surface area (Å²) in [6, 6.07) is 9.13. The third-order valence-electron chi connectivity index (χ3n) is 4.38. The molecule has 1 unspecified atom stereocenters. The summed E-state index contributed by atoms with van der Waals surface area (Å²) in [5.41, 5.74) is 7.69. The van der Waals surface area contributed by atoms with Crippen molar-refractivity contribution in [1.29, 1.82) is 0 Å². The van der Waals surface area contributed by atoms with Crippen LogP contribution in [0.15, 0.2) is 42.6 Å². The highest BCUT2D eigenvalue weighted by molar-refractivity contribution is 7.92. The molecule has 1 heterocycles. The van der Waals surface area contributed by atoms with E-state index in [-0.39, 0.29) is 33.1 Å². The number of sulfonamides is 1. The van der Waals surface area contributed by atoms with Gasteiger partial charge in [-0.1, -0.05) is 35.3 Å². The van der Waals surface area contributed by atoms with Crippen molar-refractivity contribution < 1.29 is 17.5 Å². The van der Waals surface area contributed by atoms with Crippen molar-refractivity contribution in [2.75, 3.05) is 16.2 Å². The first-order chi connectivity index (χ1) is 14.6. The zero-order valence-corrected chi connectivity index (χ0v) is 18.9. The molecule has 3 N–H and O–H groups in total. The number of nitrogens with one attached hydrogen (secondary N) is 1. The van der Waals surface area contributed by atoms with E-state index in [4.69, 9.17) is 33.7 Å². The van der Waals surface area contributed by atoms with Crippen molar-refractivity contribution in [2.24, 2.45) is 0 Å². The molecule has 3 rings (SSSR count). The Bertz CT molecular complexity index is 1210. The Morgan fingerprint density at radius 1 is 1.19 bits per heavy atom. The monoisotopic (exact) mass is 484 g/mol. The maximum absolute atomic E-state index is 13.8. The second-order valence-electron chi connectivity index (χ2n) is 6.55. The third-order valence-corrected chi connectivity index (χ3v) is 6.40. The second-order valence-corrected chi connectivity index (χ2v) is 9.34. The first kappa shape index (κ1) is 23.1. The van der Waals surface area contributed by atoms with E-state index in [1.54, 1.807) is 38.1 Å². The molecule has 7 nitrogen and oxygen atoms in total. The Hall–Kier alpha value is -2.62. The number of nitrogen functional groups attached to an aromatic ring is 1. The number of hydrogen-bond acceptors (Lipinski definition) is 6. The van der Waals surface area contributed by atoms with Gasteiger partial charge in [0.15, 0.2) is 5.82 Å². The largest absolute Gasteiger partial charge is 0.467 e. The van der Waals surface area contributed by atoms with Crippen molar-refractivity contribution in [2.45, 2.75) is 20.0 Å². The zero-order valence-electron chi connectivity index (χ0n) is 16.6. The SMILES string of the molecule is CCS(=O)(=O)Nc1ccc(-c2cnc(N)c(OC(C)c3c(Cl)ccc(F)c3Cl)n2)cc1. The van der Waals surface area contributed by atoms with Crippen LogP contribution in [0.4, 0.5) is 15.9 Å². The average molecular weight is 485 g/mol. The lowest BCUT2D eigenvalue weighted by molar-refractivity contribution is 0.218. The molecule has 164 valence electrons. The van der Waals surface area contributed by atoms with Gasteiger partial charge in [0.05, 0.1) is 22.7 Å². The number of aromatic nitrogens is 2. The Labute approximate surface area is 189 Å². The topological polar surface area (TPSA) is 107 Å².